The first-order chi connectivity index (χ1) is 7.50. The highest BCUT2D eigenvalue weighted by Crippen LogP contribution is 2.10. The third-order valence-electron chi connectivity index (χ3n) is 2.16. The second-order valence-corrected chi connectivity index (χ2v) is 4.91. The van der Waals surface area contributed by atoms with E-state index in [-0.39, 0.29) is 11.8 Å². The van der Waals surface area contributed by atoms with Gasteiger partial charge in [-0.2, -0.15) is 0 Å². The summed E-state index contributed by atoms with van der Waals surface area (Å²) >= 11 is 8.13. The SMILES string of the molecule is CC(CNC(=O)c1ccc(Br)cc1)C(N)=S. The van der Waals surface area contributed by atoms with Gasteiger partial charge in [-0.15, -0.1) is 0 Å². The Bertz CT molecular complexity index is 391. The van der Waals surface area contributed by atoms with E-state index >= 15 is 0 Å². The molecule has 0 spiro atoms. The Morgan fingerprint density at radius 1 is 1.50 bits per heavy atom. The fourth-order valence-electron chi connectivity index (χ4n) is 1.05. The molecule has 16 heavy (non-hydrogen) atoms. The summed E-state index contributed by atoms with van der Waals surface area (Å²) in [5, 5.41) is 2.78. The number of benzene rings is 1. The molecule has 1 aromatic rings. The molecule has 3 N–H and O–H groups in total. The van der Waals surface area contributed by atoms with E-state index in [2.05, 4.69) is 21.2 Å². The van der Waals surface area contributed by atoms with Crippen molar-refractivity contribution >= 4 is 39.0 Å². The molecule has 1 amide bonds. The van der Waals surface area contributed by atoms with Crippen LogP contribution in [0.5, 0.6) is 0 Å². The Hall–Kier alpha value is -0.940. The molecule has 5 heteroatoms. The Labute approximate surface area is 109 Å². The molecular formula is C11H13BrN2OS. The van der Waals surface area contributed by atoms with Gasteiger partial charge in [-0.1, -0.05) is 35.1 Å². The van der Waals surface area contributed by atoms with E-state index in [4.69, 9.17) is 18.0 Å². The van der Waals surface area contributed by atoms with E-state index in [0.717, 1.165) is 4.47 Å². The number of hydrogen-bond acceptors (Lipinski definition) is 2. The highest BCUT2D eigenvalue weighted by molar-refractivity contribution is 9.10. The number of rotatable bonds is 4. The average molecular weight is 301 g/mol. The van der Waals surface area contributed by atoms with Crippen LogP contribution in [0.4, 0.5) is 0 Å². The second-order valence-electron chi connectivity index (χ2n) is 3.52. The van der Waals surface area contributed by atoms with Crippen molar-refractivity contribution in [3.63, 3.8) is 0 Å². The molecule has 0 heterocycles. The lowest BCUT2D eigenvalue weighted by Crippen LogP contribution is -2.33. The van der Waals surface area contributed by atoms with Gasteiger partial charge in [0.25, 0.3) is 5.91 Å². The Morgan fingerprint density at radius 2 is 2.06 bits per heavy atom. The average Bonchev–Trinajstić information content (AvgIpc) is 2.26. The molecule has 86 valence electrons. The number of nitrogens with two attached hydrogens (primary N) is 1. The molecule has 3 nitrogen and oxygen atoms in total. The van der Waals surface area contributed by atoms with Crippen LogP contribution >= 0.6 is 28.1 Å². The molecule has 0 aromatic heterocycles. The lowest BCUT2D eigenvalue weighted by atomic mass is 10.1. The summed E-state index contributed by atoms with van der Waals surface area (Å²) in [6.45, 7) is 2.34. The van der Waals surface area contributed by atoms with E-state index in [9.17, 15) is 4.79 Å². The summed E-state index contributed by atoms with van der Waals surface area (Å²) in [6.07, 6.45) is 0. The van der Waals surface area contributed by atoms with Crippen LogP contribution in [-0.2, 0) is 0 Å². The van der Waals surface area contributed by atoms with Crippen LogP contribution in [0.3, 0.4) is 0 Å². The minimum absolute atomic E-state index is 0.00870. The zero-order valence-corrected chi connectivity index (χ0v) is 11.3. The number of amides is 1. The summed E-state index contributed by atoms with van der Waals surface area (Å²) in [7, 11) is 0. The normalized spacial score (nSPS) is 11.9. The number of halogens is 1. The molecule has 1 rings (SSSR count). The van der Waals surface area contributed by atoms with Gasteiger partial charge in [0.15, 0.2) is 0 Å². The minimum Gasteiger partial charge on any atom is -0.393 e. The van der Waals surface area contributed by atoms with Crippen molar-refractivity contribution in [1.82, 2.24) is 5.32 Å². The predicted molar refractivity (Wildman–Crippen MR) is 72.4 cm³/mol. The van der Waals surface area contributed by atoms with Crippen LogP contribution in [0.15, 0.2) is 28.7 Å². The number of carbonyl (C=O) groups is 1. The highest BCUT2D eigenvalue weighted by atomic mass is 79.9. The molecule has 0 aliphatic heterocycles. The summed E-state index contributed by atoms with van der Waals surface area (Å²) in [5.41, 5.74) is 6.08. The molecule has 1 aromatic carbocycles. The Morgan fingerprint density at radius 3 is 2.56 bits per heavy atom. The van der Waals surface area contributed by atoms with E-state index in [1.807, 2.05) is 19.1 Å². The van der Waals surface area contributed by atoms with Crippen LogP contribution in [0, 0.1) is 5.92 Å². The zero-order valence-electron chi connectivity index (χ0n) is 8.87. The van der Waals surface area contributed by atoms with Gasteiger partial charge in [0, 0.05) is 22.5 Å². The van der Waals surface area contributed by atoms with Crippen molar-refractivity contribution in [3.8, 4) is 0 Å². The van der Waals surface area contributed by atoms with Crippen molar-refractivity contribution in [2.75, 3.05) is 6.54 Å². The quantitative estimate of drug-likeness (QED) is 0.837. The van der Waals surface area contributed by atoms with Crippen LogP contribution in [-0.4, -0.2) is 17.4 Å². The number of hydrogen-bond donors (Lipinski definition) is 2. The number of thiocarbonyl (C=S) groups is 1. The first-order valence-electron chi connectivity index (χ1n) is 4.84. The van der Waals surface area contributed by atoms with Gasteiger partial charge in [0.05, 0.1) is 4.99 Å². The number of carbonyl (C=O) groups excluding carboxylic acids is 1. The molecule has 0 saturated heterocycles. The summed E-state index contributed by atoms with van der Waals surface area (Å²) in [5.74, 6) is -0.106. The van der Waals surface area contributed by atoms with Crippen LogP contribution in [0.1, 0.15) is 17.3 Å². The van der Waals surface area contributed by atoms with Crippen molar-refractivity contribution in [2.24, 2.45) is 11.7 Å². The van der Waals surface area contributed by atoms with Gasteiger partial charge < -0.3 is 11.1 Å². The smallest absolute Gasteiger partial charge is 0.251 e. The van der Waals surface area contributed by atoms with Crippen LogP contribution in [0.25, 0.3) is 0 Å². The van der Waals surface area contributed by atoms with E-state index in [1.165, 1.54) is 0 Å². The monoisotopic (exact) mass is 300 g/mol. The van der Waals surface area contributed by atoms with E-state index in [0.29, 0.717) is 17.1 Å². The minimum atomic E-state index is -0.115. The van der Waals surface area contributed by atoms with Gasteiger partial charge >= 0.3 is 0 Å². The fraction of sp³-hybridized carbons (Fsp3) is 0.273. The van der Waals surface area contributed by atoms with Crippen molar-refractivity contribution < 1.29 is 4.79 Å². The molecule has 0 radical (unpaired) electrons. The fourth-order valence-corrected chi connectivity index (χ4v) is 1.40. The van der Waals surface area contributed by atoms with Crippen molar-refractivity contribution in [2.45, 2.75) is 6.92 Å². The summed E-state index contributed by atoms with van der Waals surface area (Å²) in [4.78, 5) is 12.1. The molecule has 0 bridgehead atoms. The third-order valence-corrected chi connectivity index (χ3v) is 3.09. The van der Waals surface area contributed by atoms with Gasteiger partial charge in [-0.05, 0) is 24.3 Å². The number of nitrogens with one attached hydrogen (secondary N) is 1. The maximum absolute atomic E-state index is 11.7. The van der Waals surface area contributed by atoms with Crippen LogP contribution < -0.4 is 11.1 Å². The lowest BCUT2D eigenvalue weighted by molar-refractivity contribution is 0.0951. The maximum Gasteiger partial charge on any atom is 0.251 e. The predicted octanol–water partition coefficient (Wildman–Crippen LogP) is 2.10. The highest BCUT2D eigenvalue weighted by Gasteiger charge is 2.09. The Kier molecular flexibility index (Phi) is 4.89. The van der Waals surface area contributed by atoms with E-state index < -0.39 is 0 Å². The third kappa shape index (κ3) is 3.90. The summed E-state index contributed by atoms with van der Waals surface area (Å²) in [6, 6.07) is 7.16. The van der Waals surface area contributed by atoms with Gasteiger partial charge in [0.1, 0.15) is 0 Å². The molecule has 0 aliphatic carbocycles. The van der Waals surface area contributed by atoms with Gasteiger partial charge in [-0.25, -0.2) is 0 Å². The molecular weight excluding hydrogens is 288 g/mol. The van der Waals surface area contributed by atoms with Crippen molar-refractivity contribution in [1.29, 1.82) is 0 Å². The standard InChI is InChI=1S/C11H13BrN2OS/c1-7(10(13)16)6-14-11(15)8-2-4-9(12)5-3-8/h2-5,7H,6H2,1H3,(H2,13,16)(H,14,15). The van der Waals surface area contributed by atoms with E-state index in [1.54, 1.807) is 12.1 Å². The molecule has 1 unspecified atom stereocenters. The first kappa shape index (κ1) is 13.1. The summed E-state index contributed by atoms with van der Waals surface area (Å²) < 4.78 is 0.945. The Balaban J connectivity index is 2.53. The zero-order chi connectivity index (χ0) is 12.1. The maximum atomic E-state index is 11.7. The molecule has 1 atom stereocenters. The molecule has 0 aliphatic rings. The van der Waals surface area contributed by atoms with Gasteiger partial charge in [-0.3, -0.25) is 4.79 Å². The largest absolute Gasteiger partial charge is 0.393 e. The molecule has 0 saturated carbocycles. The van der Waals surface area contributed by atoms with Crippen molar-refractivity contribution in [3.05, 3.63) is 34.3 Å². The lowest BCUT2D eigenvalue weighted by Gasteiger charge is -2.10. The van der Waals surface area contributed by atoms with Crippen LogP contribution in [0.2, 0.25) is 0 Å². The topological polar surface area (TPSA) is 55.1 Å². The second kappa shape index (κ2) is 5.96. The van der Waals surface area contributed by atoms with Gasteiger partial charge in [0.2, 0.25) is 0 Å². The first-order valence-corrected chi connectivity index (χ1v) is 6.04. The molecule has 0 fully saturated rings.